The zero-order chi connectivity index (χ0) is 7.56. The fourth-order valence-electron chi connectivity index (χ4n) is 0.932. The Morgan fingerprint density at radius 1 is 1.70 bits per heavy atom. The van der Waals surface area contributed by atoms with Crippen molar-refractivity contribution in [2.45, 2.75) is 26.5 Å². The molecular formula is C7H12N2O. The molecule has 1 aromatic rings. The van der Waals surface area contributed by atoms with Gasteiger partial charge in [0.1, 0.15) is 0 Å². The number of hydrogen-bond acceptors (Lipinski definition) is 2. The number of rotatable bonds is 2. The van der Waals surface area contributed by atoms with Crippen LogP contribution in [0.4, 0.5) is 0 Å². The van der Waals surface area contributed by atoms with E-state index in [-0.39, 0.29) is 6.61 Å². The first-order valence-corrected chi connectivity index (χ1v) is 3.39. The van der Waals surface area contributed by atoms with Crippen molar-refractivity contribution in [2.24, 2.45) is 0 Å². The smallest absolute Gasteiger partial charge is 0.0850 e. The van der Waals surface area contributed by atoms with Gasteiger partial charge >= 0.3 is 0 Å². The number of nitrogens with zero attached hydrogens (tertiary/aromatic N) is 2. The molecule has 0 fully saturated rings. The molecular weight excluding hydrogens is 128 g/mol. The molecule has 0 radical (unpaired) electrons. The second-order valence-electron chi connectivity index (χ2n) is 2.52. The summed E-state index contributed by atoms with van der Waals surface area (Å²) in [4.78, 5) is 0. The first-order chi connectivity index (χ1) is 4.75. The van der Waals surface area contributed by atoms with Crippen LogP contribution in [0.3, 0.4) is 0 Å². The topological polar surface area (TPSA) is 38.0 Å². The van der Waals surface area contributed by atoms with Crippen LogP contribution in [0.2, 0.25) is 0 Å². The standard InChI is InChI=1S/C7H12N2O/c1-6(2)9-7(5-10)3-4-8-9/h3-4,6,10H,5H2,1-2H3. The Hall–Kier alpha value is -0.830. The minimum Gasteiger partial charge on any atom is -0.390 e. The fourth-order valence-corrected chi connectivity index (χ4v) is 0.932. The lowest BCUT2D eigenvalue weighted by Gasteiger charge is -2.07. The zero-order valence-electron chi connectivity index (χ0n) is 6.28. The molecule has 0 saturated carbocycles. The first kappa shape index (κ1) is 7.28. The average Bonchev–Trinajstić information content (AvgIpc) is 2.33. The van der Waals surface area contributed by atoms with Crippen LogP contribution in [-0.2, 0) is 6.61 Å². The number of aliphatic hydroxyl groups excluding tert-OH is 1. The maximum absolute atomic E-state index is 8.80. The van der Waals surface area contributed by atoms with E-state index in [1.165, 1.54) is 0 Å². The minimum atomic E-state index is 0.0676. The lowest BCUT2D eigenvalue weighted by atomic mass is 10.3. The van der Waals surface area contributed by atoms with Crippen LogP contribution in [0.15, 0.2) is 12.3 Å². The van der Waals surface area contributed by atoms with E-state index in [1.54, 1.807) is 10.9 Å². The predicted octanol–water partition coefficient (Wildman–Crippen LogP) is 0.956. The number of aliphatic hydroxyl groups is 1. The van der Waals surface area contributed by atoms with Crippen molar-refractivity contribution in [3.63, 3.8) is 0 Å². The molecule has 0 aliphatic carbocycles. The Bertz CT molecular complexity index is 205. The molecule has 3 heteroatoms. The third-order valence-electron chi connectivity index (χ3n) is 1.40. The highest BCUT2D eigenvalue weighted by molar-refractivity contribution is 4.99. The monoisotopic (exact) mass is 140 g/mol. The van der Waals surface area contributed by atoms with Gasteiger partial charge in [-0.05, 0) is 19.9 Å². The van der Waals surface area contributed by atoms with Gasteiger partial charge in [-0.3, -0.25) is 4.68 Å². The van der Waals surface area contributed by atoms with Crippen molar-refractivity contribution in [3.8, 4) is 0 Å². The van der Waals surface area contributed by atoms with Crippen LogP contribution >= 0.6 is 0 Å². The molecule has 0 bridgehead atoms. The molecule has 0 atom stereocenters. The van der Waals surface area contributed by atoms with Crippen LogP contribution in [0, 0.1) is 0 Å². The highest BCUT2D eigenvalue weighted by Crippen LogP contribution is 2.06. The summed E-state index contributed by atoms with van der Waals surface area (Å²) in [6.45, 7) is 4.14. The average molecular weight is 140 g/mol. The molecule has 0 amide bonds. The molecule has 0 spiro atoms. The fraction of sp³-hybridized carbons (Fsp3) is 0.571. The van der Waals surface area contributed by atoms with Crippen molar-refractivity contribution in [2.75, 3.05) is 0 Å². The van der Waals surface area contributed by atoms with Crippen LogP contribution in [0.5, 0.6) is 0 Å². The van der Waals surface area contributed by atoms with Gasteiger partial charge in [-0.1, -0.05) is 0 Å². The van der Waals surface area contributed by atoms with Gasteiger partial charge < -0.3 is 5.11 Å². The summed E-state index contributed by atoms with van der Waals surface area (Å²) in [6.07, 6.45) is 1.70. The quantitative estimate of drug-likeness (QED) is 0.664. The minimum absolute atomic E-state index is 0.0676. The second kappa shape index (κ2) is 2.84. The van der Waals surface area contributed by atoms with Crippen molar-refractivity contribution >= 4 is 0 Å². The summed E-state index contributed by atoms with van der Waals surface area (Å²) >= 11 is 0. The molecule has 3 nitrogen and oxygen atoms in total. The maximum Gasteiger partial charge on any atom is 0.0850 e. The first-order valence-electron chi connectivity index (χ1n) is 3.39. The summed E-state index contributed by atoms with van der Waals surface area (Å²) in [7, 11) is 0. The van der Waals surface area contributed by atoms with Gasteiger partial charge in [-0.25, -0.2) is 0 Å². The molecule has 0 aromatic carbocycles. The van der Waals surface area contributed by atoms with E-state index in [0.29, 0.717) is 6.04 Å². The normalized spacial score (nSPS) is 10.8. The molecule has 0 aliphatic heterocycles. The third-order valence-corrected chi connectivity index (χ3v) is 1.40. The Labute approximate surface area is 60.3 Å². The Morgan fingerprint density at radius 2 is 2.40 bits per heavy atom. The Kier molecular flexibility index (Phi) is 2.06. The van der Waals surface area contributed by atoms with E-state index < -0.39 is 0 Å². The molecule has 0 unspecified atom stereocenters. The van der Waals surface area contributed by atoms with E-state index in [9.17, 15) is 0 Å². The highest BCUT2D eigenvalue weighted by atomic mass is 16.3. The van der Waals surface area contributed by atoms with Crippen molar-refractivity contribution in [3.05, 3.63) is 18.0 Å². The van der Waals surface area contributed by atoms with E-state index in [4.69, 9.17) is 5.11 Å². The largest absolute Gasteiger partial charge is 0.390 e. The maximum atomic E-state index is 8.80. The summed E-state index contributed by atoms with van der Waals surface area (Å²) in [6, 6.07) is 2.15. The summed E-state index contributed by atoms with van der Waals surface area (Å²) < 4.78 is 1.81. The molecule has 0 aliphatic rings. The van der Waals surface area contributed by atoms with E-state index >= 15 is 0 Å². The summed E-state index contributed by atoms with van der Waals surface area (Å²) in [5.74, 6) is 0. The van der Waals surface area contributed by atoms with Crippen LogP contribution in [-0.4, -0.2) is 14.9 Å². The molecule has 1 heterocycles. The van der Waals surface area contributed by atoms with Gasteiger partial charge in [-0.2, -0.15) is 5.10 Å². The van der Waals surface area contributed by atoms with Gasteiger partial charge in [-0.15, -0.1) is 0 Å². The van der Waals surface area contributed by atoms with E-state index in [1.807, 2.05) is 19.9 Å². The zero-order valence-corrected chi connectivity index (χ0v) is 6.28. The molecule has 1 rings (SSSR count). The molecule has 0 saturated heterocycles. The van der Waals surface area contributed by atoms with Crippen molar-refractivity contribution in [1.29, 1.82) is 0 Å². The summed E-state index contributed by atoms with van der Waals surface area (Å²) in [5.41, 5.74) is 0.870. The van der Waals surface area contributed by atoms with Gasteiger partial charge in [0.25, 0.3) is 0 Å². The number of hydrogen-bond donors (Lipinski definition) is 1. The van der Waals surface area contributed by atoms with Crippen LogP contribution < -0.4 is 0 Å². The third kappa shape index (κ3) is 1.19. The van der Waals surface area contributed by atoms with Gasteiger partial charge in [0.05, 0.1) is 12.3 Å². The Morgan fingerprint density at radius 3 is 2.80 bits per heavy atom. The lowest BCUT2D eigenvalue weighted by Crippen LogP contribution is -2.06. The summed E-state index contributed by atoms with van der Waals surface area (Å²) in [5, 5.41) is 12.8. The van der Waals surface area contributed by atoms with Gasteiger partial charge in [0.2, 0.25) is 0 Å². The van der Waals surface area contributed by atoms with E-state index in [0.717, 1.165) is 5.69 Å². The molecule has 1 N–H and O–H groups in total. The second-order valence-corrected chi connectivity index (χ2v) is 2.52. The molecule has 1 aromatic heterocycles. The predicted molar refractivity (Wildman–Crippen MR) is 38.5 cm³/mol. The van der Waals surface area contributed by atoms with Gasteiger partial charge in [0, 0.05) is 12.2 Å². The molecule has 10 heavy (non-hydrogen) atoms. The van der Waals surface area contributed by atoms with Crippen LogP contribution in [0.25, 0.3) is 0 Å². The van der Waals surface area contributed by atoms with Crippen molar-refractivity contribution in [1.82, 2.24) is 9.78 Å². The number of aromatic nitrogens is 2. The van der Waals surface area contributed by atoms with Crippen LogP contribution in [0.1, 0.15) is 25.6 Å². The van der Waals surface area contributed by atoms with E-state index in [2.05, 4.69) is 5.10 Å². The Balaban J connectivity index is 2.90. The molecule has 56 valence electrons. The van der Waals surface area contributed by atoms with Gasteiger partial charge in [0.15, 0.2) is 0 Å². The highest BCUT2D eigenvalue weighted by Gasteiger charge is 2.02. The SMILES string of the molecule is CC(C)n1nccc1CO. The lowest BCUT2D eigenvalue weighted by molar-refractivity contribution is 0.264. The van der Waals surface area contributed by atoms with Crippen molar-refractivity contribution < 1.29 is 5.11 Å².